The van der Waals surface area contributed by atoms with Gasteiger partial charge in [0.2, 0.25) is 11.1 Å². The first-order valence-corrected chi connectivity index (χ1v) is 9.84. The Hall–Kier alpha value is -2.87. The molecule has 2 aromatic carbocycles. The molecule has 0 aliphatic carbocycles. The number of aromatic amines is 1. The number of hydrogen-bond donors (Lipinski definition) is 2. The van der Waals surface area contributed by atoms with Crippen LogP contribution in [0, 0.1) is 12.7 Å². The monoisotopic (exact) mass is 400 g/mol. The van der Waals surface area contributed by atoms with Gasteiger partial charge >= 0.3 is 0 Å². The van der Waals surface area contributed by atoms with Crippen LogP contribution in [0.1, 0.15) is 23.9 Å². The number of rotatable bonds is 8. The van der Waals surface area contributed by atoms with Crippen LogP contribution in [0.15, 0.2) is 47.6 Å². The van der Waals surface area contributed by atoms with Crippen LogP contribution in [0.3, 0.4) is 0 Å². The lowest BCUT2D eigenvalue weighted by atomic mass is 10.2. The van der Waals surface area contributed by atoms with Gasteiger partial charge in [0.05, 0.1) is 5.75 Å². The van der Waals surface area contributed by atoms with Crippen LogP contribution in [-0.2, 0) is 17.8 Å². The quantitative estimate of drug-likeness (QED) is 0.556. The zero-order chi connectivity index (χ0) is 19.9. The van der Waals surface area contributed by atoms with Crippen molar-refractivity contribution in [2.75, 3.05) is 11.1 Å². The summed E-state index contributed by atoms with van der Waals surface area (Å²) in [7, 11) is 0. The predicted octanol–water partition coefficient (Wildman–Crippen LogP) is 4.12. The third-order valence-electron chi connectivity index (χ3n) is 4.02. The molecule has 1 heterocycles. The van der Waals surface area contributed by atoms with E-state index in [4.69, 9.17) is 4.74 Å². The third-order valence-corrected chi connectivity index (χ3v) is 4.87. The van der Waals surface area contributed by atoms with Gasteiger partial charge in [-0.1, -0.05) is 36.9 Å². The Morgan fingerprint density at radius 2 is 2.04 bits per heavy atom. The zero-order valence-corrected chi connectivity index (χ0v) is 16.5. The van der Waals surface area contributed by atoms with Crippen molar-refractivity contribution in [1.29, 1.82) is 0 Å². The van der Waals surface area contributed by atoms with E-state index in [0.29, 0.717) is 16.7 Å². The molecule has 2 N–H and O–H groups in total. The van der Waals surface area contributed by atoms with Crippen molar-refractivity contribution in [2.45, 2.75) is 32.0 Å². The van der Waals surface area contributed by atoms with E-state index in [2.05, 4.69) is 27.4 Å². The molecule has 0 saturated heterocycles. The summed E-state index contributed by atoms with van der Waals surface area (Å²) in [6.45, 7) is 4.16. The molecule has 0 saturated carbocycles. The first-order valence-electron chi connectivity index (χ1n) is 8.85. The van der Waals surface area contributed by atoms with Crippen LogP contribution in [0.2, 0.25) is 0 Å². The minimum absolute atomic E-state index is 0.118. The molecule has 0 fully saturated rings. The van der Waals surface area contributed by atoms with Crippen molar-refractivity contribution in [2.24, 2.45) is 0 Å². The average molecular weight is 400 g/mol. The number of anilines is 1. The number of carbonyl (C=O) groups excluding carboxylic acids is 1. The molecule has 6 nitrogen and oxygen atoms in total. The number of aromatic nitrogens is 3. The smallest absolute Gasteiger partial charge is 0.234 e. The molecule has 0 radical (unpaired) electrons. The molecule has 3 aromatic rings. The van der Waals surface area contributed by atoms with Crippen molar-refractivity contribution < 1.29 is 13.9 Å². The third kappa shape index (κ3) is 5.56. The number of amides is 1. The first kappa shape index (κ1) is 19.9. The number of ether oxygens (including phenoxy) is 1. The number of nitrogens with one attached hydrogen (secondary N) is 2. The number of aryl methyl sites for hydroxylation is 2. The molecule has 0 spiro atoms. The Labute approximate surface area is 166 Å². The lowest BCUT2D eigenvalue weighted by molar-refractivity contribution is -0.113. The van der Waals surface area contributed by atoms with Crippen LogP contribution >= 0.6 is 11.8 Å². The maximum absolute atomic E-state index is 13.3. The second-order valence-corrected chi connectivity index (χ2v) is 7.09. The fourth-order valence-corrected chi connectivity index (χ4v) is 3.04. The number of benzene rings is 2. The van der Waals surface area contributed by atoms with Gasteiger partial charge in [0.15, 0.2) is 5.82 Å². The molecule has 28 heavy (non-hydrogen) atoms. The molecule has 1 aromatic heterocycles. The topological polar surface area (TPSA) is 79.9 Å². The van der Waals surface area contributed by atoms with Gasteiger partial charge in [0.25, 0.3) is 0 Å². The van der Waals surface area contributed by atoms with Crippen LogP contribution in [0.4, 0.5) is 10.1 Å². The summed E-state index contributed by atoms with van der Waals surface area (Å²) < 4.78 is 19.0. The summed E-state index contributed by atoms with van der Waals surface area (Å²) in [5.41, 5.74) is 2.50. The van der Waals surface area contributed by atoms with E-state index in [-0.39, 0.29) is 18.3 Å². The Morgan fingerprint density at radius 1 is 1.25 bits per heavy atom. The fraction of sp³-hybridized carbons (Fsp3) is 0.250. The summed E-state index contributed by atoms with van der Waals surface area (Å²) in [6.07, 6.45) is 0.981. The van der Waals surface area contributed by atoms with Crippen LogP contribution in [-0.4, -0.2) is 26.8 Å². The summed E-state index contributed by atoms with van der Waals surface area (Å²) in [4.78, 5) is 16.4. The van der Waals surface area contributed by atoms with Gasteiger partial charge < -0.3 is 10.1 Å². The molecular weight excluding hydrogens is 379 g/mol. The normalized spacial score (nSPS) is 10.7. The highest BCUT2D eigenvalue weighted by Gasteiger charge is 2.10. The van der Waals surface area contributed by atoms with Crippen molar-refractivity contribution in [3.63, 3.8) is 0 Å². The fourth-order valence-electron chi connectivity index (χ4n) is 2.43. The summed E-state index contributed by atoms with van der Waals surface area (Å²) in [5, 5.41) is 10.0. The van der Waals surface area contributed by atoms with Crippen molar-refractivity contribution in [3.05, 3.63) is 65.2 Å². The second-order valence-electron chi connectivity index (χ2n) is 6.15. The largest absolute Gasteiger partial charge is 0.486 e. The van der Waals surface area contributed by atoms with Gasteiger partial charge in [-0.2, -0.15) is 0 Å². The van der Waals surface area contributed by atoms with Crippen molar-refractivity contribution in [3.8, 4) is 5.75 Å². The van der Waals surface area contributed by atoms with E-state index in [1.165, 1.54) is 29.5 Å². The Balaban J connectivity index is 1.47. The molecule has 1 amide bonds. The average Bonchev–Trinajstić information content (AvgIpc) is 3.16. The molecule has 0 aliphatic rings. The van der Waals surface area contributed by atoms with Gasteiger partial charge in [-0.25, -0.2) is 9.37 Å². The standard InChI is InChI=1S/C20H21FN4O2S/c1-3-14-5-8-16(9-6-14)27-11-18-23-20(25-24-18)28-12-19(26)22-17-10-15(21)7-4-13(17)2/h4-10H,3,11-12H2,1-2H3,(H,22,26)(H,23,24,25). The molecule has 0 bridgehead atoms. The summed E-state index contributed by atoms with van der Waals surface area (Å²) in [6, 6.07) is 12.2. The van der Waals surface area contributed by atoms with Crippen LogP contribution < -0.4 is 10.1 Å². The van der Waals surface area contributed by atoms with Gasteiger partial charge in [-0.15, -0.1) is 5.10 Å². The highest BCUT2D eigenvalue weighted by Crippen LogP contribution is 2.18. The van der Waals surface area contributed by atoms with Crippen molar-refractivity contribution >= 4 is 23.4 Å². The van der Waals surface area contributed by atoms with E-state index in [1.807, 2.05) is 24.3 Å². The van der Waals surface area contributed by atoms with E-state index in [1.54, 1.807) is 13.0 Å². The van der Waals surface area contributed by atoms with E-state index >= 15 is 0 Å². The SMILES string of the molecule is CCc1ccc(OCc2nc(SCC(=O)Nc3cc(F)ccc3C)n[nH]2)cc1. The molecule has 8 heteroatoms. The zero-order valence-electron chi connectivity index (χ0n) is 15.7. The van der Waals surface area contributed by atoms with Gasteiger partial charge in [-0.05, 0) is 48.7 Å². The number of nitrogens with zero attached hydrogens (tertiary/aromatic N) is 2. The molecule has 3 rings (SSSR count). The number of H-pyrrole nitrogens is 1. The first-order chi connectivity index (χ1) is 13.5. The van der Waals surface area contributed by atoms with Gasteiger partial charge in [0.1, 0.15) is 18.2 Å². The minimum atomic E-state index is -0.392. The maximum atomic E-state index is 13.3. The lowest BCUT2D eigenvalue weighted by Crippen LogP contribution is -2.15. The number of carbonyl (C=O) groups is 1. The van der Waals surface area contributed by atoms with Gasteiger partial charge in [-0.3, -0.25) is 9.89 Å². The minimum Gasteiger partial charge on any atom is -0.486 e. The molecule has 0 unspecified atom stereocenters. The number of halogens is 1. The lowest BCUT2D eigenvalue weighted by Gasteiger charge is -2.07. The molecular formula is C20H21FN4O2S. The Kier molecular flexibility index (Phi) is 6.65. The van der Waals surface area contributed by atoms with Crippen LogP contribution in [0.25, 0.3) is 0 Å². The number of thioether (sulfide) groups is 1. The Bertz CT molecular complexity index is 944. The molecule has 0 aliphatic heterocycles. The van der Waals surface area contributed by atoms with Crippen molar-refractivity contribution in [1.82, 2.24) is 15.2 Å². The Morgan fingerprint density at radius 3 is 2.79 bits per heavy atom. The van der Waals surface area contributed by atoms with E-state index < -0.39 is 5.82 Å². The highest BCUT2D eigenvalue weighted by molar-refractivity contribution is 7.99. The van der Waals surface area contributed by atoms with E-state index in [9.17, 15) is 9.18 Å². The molecule has 0 atom stereocenters. The maximum Gasteiger partial charge on any atom is 0.234 e. The van der Waals surface area contributed by atoms with Crippen LogP contribution in [0.5, 0.6) is 5.75 Å². The summed E-state index contributed by atoms with van der Waals surface area (Å²) in [5.74, 6) is 0.803. The van der Waals surface area contributed by atoms with E-state index in [0.717, 1.165) is 17.7 Å². The predicted molar refractivity (Wildman–Crippen MR) is 107 cm³/mol. The number of hydrogen-bond acceptors (Lipinski definition) is 5. The second kappa shape index (κ2) is 9.36. The summed E-state index contributed by atoms with van der Waals surface area (Å²) >= 11 is 1.19. The van der Waals surface area contributed by atoms with Gasteiger partial charge in [0, 0.05) is 5.69 Å². The molecule has 146 valence electrons. The highest BCUT2D eigenvalue weighted by atomic mass is 32.2.